The number of nitrogens with zero attached hydrogens (tertiary/aromatic N) is 6. The van der Waals surface area contributed by atoms with E-state index in [-0.39, 0.29) is 75.3 Å². The molecule has 74 heavy (non-hydrogen) atoms. The van der Waals surface area contributed by atoms with Crippen LogP contribution >= 0.6 is 50.2 Å². The van der Waals surface area contributed by atoms with Crippen LogP contribution in [0.2, 0.25) is 5.02 Å². The first-order valence-electron chi connectivity index (χ1n) is 23.0. The predicted octanol–water partition coefficient (Wildman–Crippen LogP) is 6.54. The van der Waals surface area contributed by atoms with Crippen molar-refractivity contribution >= 4 is 85.8 Å². The summed E-state index contributed by atoms with van der Waals surface area (Å²) in [6, 6.07) is 6.25. The Morgan fingerprint density at radius 3 is 1.57 bits per heavy atom. The number of alkyl halides is 2. The number of esters is 2. The summed E-state index contributed by atoms with van der Waals surface area (Å²) in [5.74, 6) is -4.66. The number of hydrogen-bond donors (Lipinski definition) is 4. The number of ether oxygens (including phenoxy) is 4. The van der Waals surface area contributed by atoms with E-state index in [4.69, 9.17) is 50.7 Å². The van der Waals surface area contributed by atoms with Crippen LogP contribution in [0.25, 0.3) is 0 Å². The number of likely N-dealkylation sites (tertiary alicyclic amines) is 2. The molecule has 8 rings (SSSR count). The number of hydrogen-bond acceptors (Lipinski definition) is 18. The standard InChI is InChI=1S/C24H25BrF2N4O5S.C24H25ClF2N4O5S/c2*1-2-36-24(34)20-18(10-31-8-13(17(27)9-31)11-35-12-19(32)33)29-22(23-28-5-6-37-23)30-21(20)15-4-3-14(26)7-16(15)25/h2*3-7,13,17,21H,2,8-12H2,1H3,(H,29,30)(H,32,33). The van der Waals surface area contributed by atoms with Gasteiger partial charge in [0.1, 0.15) is 49.3 Å². The van der Waals surface area contributed by atoms with E-state index in [1.54, 1.807) is 48.0 Å². The summed E-state index contributed by atoms with van der Waals surface area (Å²) in [6.45, 7) is 3.59. The highest BCUT2D eigenvalue weighted by Gasteiger charge is 2.40. The fraction of sp³-hybridized carbons (Fsp3) is 0.417. The molecular formula is C48H50BrClF4N8O10S2. The molecule has 4 aliphatic rings. The highest BCUT2D eigenvalue weighted by Crippen LogP contribution is 2.39. The quantitative estimate of drug-likeness (QED) is 0.0544. The van der Waals surface area contributed by atoms with Gasteiger partial charge in [0.05, 0.1) is 37.6 Å². The van der Waals surface area contributed by atoms with E-state index in [0.29, 0.717) is 55.2 Å². The van der Waals surface area contributed by atoms with Gasteiger partial charge in [-0.2, -0.15) is 0 Å². The maximum Gasteiger partial charge on any atom is 0.338 e. The van der Waals surface area contributed by atoms with E-state index in [9.17, 15) is 36.7 Å². The first-order valence-corrected chi connectivity index (χ1v) is 26.0. The summed E-state index contributed by atoms with van der Waals surface area (Å²) in [5.41, 5.74) is 2.28. The molecule has 6 heterocycles. The van der Waals surface area contributed by atoms with Gasteiger partial charge in [-0.25, -0.2) is 46.7 Å². The molecule has 0 bridgehead atoms. The molecule has 396 valence electrons. The smallest absolute Gasteiger partial charge is 0.338 e. The second-order valence-electron chi connectivity index (χ2n) is 17.0. The molecule has 0 aliphatic carbocycles. The first-order chi connectivity index (χ1) is 35.5. The lowest BCUT2D eigenvalue weighted by molar-refractivity contribution is -0.143. The van der Waals surface area contributed by atoms with Gasteiger partial charge in [0.15, 0.2) is 21.7 Å². The average molecular weight is 1150 g/mol. The molecule has 0 saturated carbocycles. The molecule has 6 atom stereocenters. The molecule has 6 unspecified atom stereocenters. The molecule has 18 nitrogen and oxygen atoms in total. The van der Waals surface area contributed by atoms with E-state index >= 15 is 0 Å². The van der Waals surface area contributed by atoms with Gasteiger partial charge in [0.2, 0.25) is 0 Å². The minimum Gasteiger partial charge on any atom is -0.480 e. The Morgan fingerprint density at radius 1 is 0.716 bits per heavy atom. The first kappa shape index (κ1) is 56.1. The number of carbonyl (C=O) groups excluding carboxylic acids is 2. The van der Waals surface area contributed by atoms with Crippen LogP contribution in [0.1, 0.15) is 47.1 Å². The minimum absolute atomic E-state index is 0.0296. The number of aliphatic imine (C=N–C) groups is 2. The van der Waals surface area contributed by atoms with Crippen LogP contribution in [0, 0.1) is 23.5 Å². The topological polar surface area (TPSA) is 227 Å². The highest BCUT2D eigenvalue weighted by atomic mass is 79.9. The van der Waals surface area contributed by atoms with Gasteiger partial charge in [-0.1, -0.05) is 39.7 Å². The van der Waals surface area contributed by atoms with Gasteiger partial charge in [0.25, 0.3) is 0 Å². The van der Waals surface area contributed by atoms with Crippen molar-refractivity contribution in [1.29, 1.82) is 0 Å². The third-order valence-corrected chi connectivity index (χ3v) is 14.4. The second-order valence-corrected chi connectivity index (χ2v) is 20.1. The van der Waals surface area contributed by atoms with Crippen LogP contribution in [0.3, 0.4) is 0 Å². The molecule has 4 N–H and O–H groups in total. The number of carboxylic acids is 2. The average Bonchev–Trinajstić information content (AvgIpc) is 4.19. The van der Waals surface area contributed by atoms with E-state index in [1.807, 2.05) is 4.90 Å². The van der Waals surface area contributed by atoms with Gasteiger partial charge in [-0.05, 0) is 43.7 Å². The van der Waals surface area contributed by atoms with Crippen LogP contribution in [-0.2, 0) is 38.1 Å². The van der Waals surface area contributed by atoms with Crippen LogP contribution < -0.4 is 10.6 Å². The Labute approximate surface area is 443 Å². The molecule has 4 aromatic rings. The van der Waals surface area contributed by atoms with Crippen LogP contribution in [0.5, 0.6) is 0 Å². The number of aliphatic carboxylic acids is 2. The third-order valence-electron chi connectivity index (χ3n) is 11.8. The Kier molecular flexibility index (Phi) is 19.9. The number of nitrogens with one attached hydrogen (secondary N) is 2. The maximum absolute atomic E-state index is 14.8. The van der Waals surface area contributed by atoms with Crippen molar-refractivity contribution in [3.8, 4) is 0 Å². The fourth-order valence-electron chi connectivity index (χ4n) is 8.58. The van der Waals surface area contributed by atoms with Gasteiger partial charge in [-0.3, -0.25) is 19.8 Å². The molecule has 2 aromatic carbocycles. The summed E-state index contributed by atoms with van der Waals surface area (Å²) < 4.78 is 78.5. The van der Waals surface area contributed by atoms with Gasteiger partial charge in [0, 0.05) is 101 Å². The van der Waals surface area contributed by atoms with E-state index in [2.05, 4.69) is 36.5 Å². The SMILES string of the molecule is CCOC(=O)C1=C(CN2CC(F)C(COCC(=O)O)C2)NC(c2nccs2)=NC1c1ccc(F)cc1Br.CCOC(=O)C1=C(CN2CC(F)C(COCC(=O)O)C2)NC(c2nccs2)=NC1c1ccc(F)cc1Cl. The van der Waals surface area contributed by atoms with Crippen molar-refractivity contribution in [2.24, 2.45) is 21.8 Å². The monoisotopic (exact) mass is 1150 g/mol. The van der Waals surface area contributed by atoms with E-state index < -0.39 is 85.0 Å². The number of carbonyl (C=O) groups is 4. The number of rotatable bonds is 20. The lowest BCUT2D eigenvalue weighted by atomic mass is 9.95. The molecule has 0 radical (unpaired) electrons. The number of amidine groups is 2. The zero-order valence-electron chi connectivity index (χ0n) is 39.7. The van der Waals surface area contributed by atoms with Gasteiger partial charge < -0.3 is 39.8 Å². The van der Waals surface area contributed by atoms with Crippen molar-refractivity contribution in [3.05, 3.63) is 124 Å². The Morgan fingerprint density at radius 2 is 1.16 bits per heavy atom. The Balaban J connectivity index is 0.000000216. The van der Waals surface area contributed by atoms with Gasteiger partial charge >= 0.3 is 23.9 Å². The van der Waals surface area contributed by atoms with Crippen molar-refractivity contribution in [3.63, 3.8) is 0 Å². The number of halogens is 6. The molecule has 2 aromatic heterocycles. The van der Waals surface area contributed by atoms with Crippen molar-refractivity contribution in [2.45, 2.75) is 38.3 Å². The lowest BCUT2D eigenvalue weighted by Crippen LogP contribution is -2.39. The molecule has 0 amide bonds. The summed E-state index contributed by atoms with van der Waals surface area (Å²) in [6.07, 6.45) is 0.786. The lowest BCUT2D eigenvalue weighted by Gasteiger charge is -2.29. The zero-order chi connectivity index (χ0) is 53.1. The number of aromatic nitrogens is 2. The van der Waals surface area contributed by atoms with Crippen molar-refractivity contribution < 1.29 is 65.9 Å². The number of carboxylic acid groups (broad SMARTS) is 2. The van der Waals surface area contributed by atoms with Crippen molar-refractivity contribution in [1.82, 2.24) is 30.4 Å². The maximum atomic E-state index is 14.8. The second kappa shape index (κ2) is 26.2. The number of thiazole rings is 2. The Hall–Kier alpha value is -5.67. The van der Waals surface area contributed by atoms with Crippen LogP contribution in [0.15, 0.2) is 96.5 Å². The molecule has 26 heteroatoms. The molecular weight excluding hydrogens is 1100 g/mol. The minimum atomic E-state index is -1.24. The summed E-state index contributed by atoms with van der Waals surface area (Å²) in [4.78, 5) is 69.6. The van der Waals surface area contributed by atoms with Crippen molar-refractivity contribution in [2.75, 3.05) is 78.9 Å². The van der Waals surface area contributed by atoms with E-state index in [1.165, 1.54) is 46.9 Å². The normalized spacial score (nSPS) is 22.1. The predicted molar refractivity (Wildman–Crippen MR) is 268 cm³/mol. The summed E-state index contributed by atoms with van der Waals surface area (Å²) in [5, 5.41) is 28.7. The number of benzene rings is 2. The molecule has 2 fully saturated rings. The Bertz CT molecular complexity index is 2610. The molecule has 0 spiro atoms. The summed E-state index contributed by atoms with van der Waals surface area (Å²) in [7, 11) is 0. The summed E-state index contributed by atoms with van der Waals surface area (Å²) >= 11 is 12.5. The largest absolute Gasteiger partial charge is 0.480 e. The third kappa shape index (κ3) is 14.4. The zero-order valence-corrected chi connectivity index (χ0v) is 43.6. The highest BCUT2D eigenvalue weighted by molar-refractivity contribution is 9.10. The van der Waals surface area contributed by atoms with Gasteiger partial charge in [-0.15, -0.1) is 22.7 Å². The molecule has 2 saturated heterocycles. The molecule has 4 aliphatic heterocycles. The van der Waals surface area contributed by atoms with Crippen LogP contribution in [0.4, 0.5) is 17.6 Å². The fourth-order valence-corrected chi connectivity index (χ4v) is 10.6. The van der Waals surface area contributed by atoms with E-state index in [0.717, 1.165) is 6.07 Å². The van der Waals surface area contributed by atoms with Crippen LogP contribution in [-0.4, -0.2) is 157 Å².